The summed E-state index contributed by atoms with van der Waals surface area (Å²) in [7, 11) is -2.67. The first-order chi connectivity index (χ1) is 9.32. The van der Waals surface area contributed by atoms with E-state index >= 15 is 0 Å². The van der Waals surface area contributed by atoms with Crippen molar-refractivity contribution in [2.24, 2.45) is 0 Å². The maximum Gasteiger partial charge on any atom is 0.248 e. The lowest BCUT2D eigenvalue weighted by molar-refractivity contribution is 0.395. The zero-order valence-electron chi connectivity index (χ0n) is 11.1. The van der Waals surface area contributed by atoms with Crippen molar-refractivity contribution in [2.45, 2.75) is 18.4 Å². The Morgan fingerprint density at radius 2 is 2.00 bits per heavy atom. The number of nitrogens with zero attached hydrogens (tertiary/aromatic N) is 1. The summed E-state index contributed by atoms with van der Waals surface area (Å²) in [5, 5.41) is 0. The zero-order chi connectivity index (χ0) is 14.9. The lowest BCUT2D eigenvalue weighted by atomic mass is 10.3. The molecule has 5 nitrogen and oxygen atoms in total. The number of hydrogen-bond donors (Lipinski definition) is 1. The summed E-state index contributed by atoms with van der Waals surface area (Å²) in [5.41, 5.74) is 5.46. The molecule has 0 aliphatic carbocycles. The molecule has 0 fully saturated rings. The van der Waals surface area contributed by atoms with Gasteiger partial charge in [-0.05, 0) is 31.2 Å². The summed E-state index contributed by atoms with van der Waals surface area (Å²) < 4.78 is 44.8. The number of nitrogens with two attached hydrogens (primary N) is 1. The number of benzene rings is 1. The number of halogens is 1. The van der Waals surface area contributed by atoms with Gasteiger partial charge in [0.2, 0.25) is 10.0 Å². The second-order valence-electron chi connectivity index (χ2n) is 4.43. The van der Waals surface area contributed by atoms with Crippen molar-refractivity contribution in [1.29, 1.82) is 0 Å². The molecule has 1 aromatic carbocycles. The first-order valence-corrected chi connectivity index (χ1v) is 7.32. The van der Waals surface area contributed by atoms with Crippen molar-refractivity contribution in [3.05, 3.63) is 47.7 Å². The lowest BCUT2D eigenvalue weighted by Crippen LogP contribution is -2.28. The highest BCUT2D eigenvalue weighted by Gasteiger charge is 2.27. The van der Waals surface area contributed by atoms with Gasteiger partial charge in [0.15, 0.2) is 0 Å². The van der Waals surface area contributed by atoms with Gasteiger partial charge >= 0.3 is 0 Å². The fraction of sp³-hybridized carbons (Fsp3) is 0.231. The Morgan fingerprint density at radius 1 is 1.30 bits per heavy atom. The van der Waals surface area contributed by atoms with Gasteiger partial charge in [0.25, 0.3) is 0 Å². The van der Waals surface area contributed by atoms with Gasteiger partial charge in [-0.15, -0.1) is 0 Å². The Balaban J connectivity index is 2.35. The fourth-order valence-electron chi connectivity index (χ4n) is 1.83. The number of rotatable bonds is 4. The number of nitrogen functional groups attached to an aromatic ring is 1. The number of sulfonamides is 1. The number of hydrogen-bond acceptors (Lipinski definition) is 4. The Hall–Kier alpha value is -1.86. The van der Waals surface area contributed by atoms with Crippen LogP contribution < -0.4 is 5.73 Å². The van der Waals surface area contributed by atoms with Crippen molar-refractivity contribution in [3.8, 4) is 0 Å². The standard InChI is InChI=1S/C13H15FN2O3S/c1-9-6-7-10(19-9)8-16(2)20(17,18)13-11(14)4-3-5-12(13)15/h3-7H,8,15H2,1-2H3. The Kier molecular flexibility index (Phi) is 3.82. The Morgan fingerprint density at radius 3 is 2.55 bits per heavy atom. The average Bonchev–Trinajstić information content (AvgIpc) is 2.74. The van der Waals surface area contributed by atoms with Gasteiger partial charge in [0, 0.05) is 7.05 Å². The van der Waals surface area contributed by atoms with Crippen LogP contribution >= 0.6 is 0 Å². The first kappa shape index (κ1) is 14.5. The summed E-state index contributed by atoms with van der Waals surface area (Å²) in [6.45, 7) is 1.76. The monoisotopic (exact) mass is 298 g/mol. The quantitative estimate of drug-likeness (QED) is 0.877. The van der Waals surface area contributed by atoms with Crippen LogP contribution in [0.25, 0.3) is 0 Å². The first-order valence-electron chi connectivity index (χ1n) is 5.88. The lowest BCUT2D eigenvalue weighted by Gasteiger charge is -2.17. The molecule has 1 aromatic heterocycles. The largest absolute Gasteiger partial charge is 0.465 e. The van der Waals surface area contributed by atoms with Crippen molar-refractivity contribution < 1.29 is 17.2 Å². The fourth-order valence-corrected chi connectivity index (χ4v) is 3.12. The van der Waals surface area contributed by atoms with E-state index in [2.05, 4.69) is 0 Å². The highest BCUT2D eigenvalue weighted by Crippen LogP contribution is 2.25. The van der Waals surface area contributed by atoms with Crippen LogP contribution in [0.3, 0.4) is 0 Å². The second-order valence-corrected chi connectivity index (χ2v) is 6.41. The highest BCUT2D eigenvalue weighted by molar-refractivity contribution is 7.89. The summed E-state index contributed by atoms with van der Waals surface area (Å²) in [4.78, 5) is -0.509. The molecule has 0 radical (unpaired) electrons. The van der Waals surface area contributed by atoms with Gasteiger partial charge in [-0.2, -0.15) is 4.31 Å². The molecule has 0 amide bonds. The van der Waals surface area contributed by atoms with Gasteiger partial charge in [0.1, 0.15) is 22.2 Å². The molecule has 0 aliphatic rings. The number of anilines is 1. The van der Waals surface area contributed by atoms with E-state index in [0.29, 0.717) is 11.5 Å². The molecule has 0 bridgehead atoms. The van der Waals surface area contributed by atoms with Crippen LogP contribution in [0.2, 0.25) is 0 Å². The van der Waals surface area contributed by atoms with E-state index < -0.39 is 20.7 Å². The van der Waals surface area contributed by atoms with Gasteiger partial charge in [-0.25, -0.2) is 12.8 Å². The van der Waals surface area contributed by atoms with E-state index in [4.69, 9.17) is 10.2 Å². The Bertz CT molecular complexity index is 705. The Labute approximate surface area is 116 Å². The molecule has 0 saturated carbocycles. The van der Waals surface area contributed by atoms with E-state index in [9.17, 15) is 12.8 Å². The van der Waals surface area contributed by atoms with Crippen molar-refractivity contribution in [2.75, 3.05) is 12.8 Å². The molecular formula is C13H15FN2O3S. The van der Waals surface area contributed by atoms with E-state index in [1.807, 2.05) is 0 Å². The molecule has 108 valence electrons. The zero-order valence-corrected chi connectivity index (χ0v) is 11.9. The molecule has 0 spiro atoms. The van der Waals surface area contributed by atoms with Crippen LogP contribution in [-0.4, -0.2) is 19.8 Å². The number of aryl methyl sites for hydroxylation is 1. The normalized spacial score (nSPS) is 12.0. The molecule has 7 heteroatoms. The molecule has 0 aliphatic heterocycles. The number of furan rings is 1. The third kappa shape index (κ3) is 2.68. The van der Waals surface area contributed by atoms with Crippen molar-refractivity contribution in [3.63, 3.8) is 0 Å². The van der Waals surface area contributed by atoms with Crippen LogP contribution in [0.4, 0.5) is 10.1 Å². The minimum absolute atomic E-state index is 0.00392. The van der Waals surface area contributed by atoms with Crippen LogP contribution in [0.5, 0.6) is 0 Å². The summed E-state index contributed by atoms with van der Waals surface area (Å²) >= 11 is 0. The van der Waals surface area contributed by atoms with E-state index in [1.165, 1.54) is 19.2 Å². The second kappa shape index (κ2) is 5.26. The van der Waals surface area contributed by atoms with Gasteiger partial charge < -0.3 is 10.2 Å². The highest BCUT2D eigenvalue weighted by atomic mass is 32.2. The third-order valence-electron chi connectivity index (χ3n) is 2.84. The molecule has 2 rings (SSSR count). The van der Waals surface area contributed by atoms with Gasteiger partial charge in [-0.1, -0.05) is 6.07 Å². The maximum atomic E-state index is 13.7. The minimum Gasteiger partial charge on any atom is -0.465 e. The molecule has 2 N–H and O–H groups in total. The maximum absolute atomic E-state index is 13.7. The summed E-state index contributed by atoms with van der Waals surface area (Å²) in [6, 6.07) is 7.17. The molecule has 20 heavy (non-hydrogen) atoms. The molecule has 1 heterocycles. The topological polar surface area (TPSA) is 76.5 Å². The summed E-state index contributed by atoms with van der Waals surface area (Å²) in [6.07, 6.45) is 0. The van der Waals surface area contributed by atoms with E-state index in [-0.39, 0.29) is 12.2 Å². The third-order valence-corrected chi connectivity index (χ3v) is 4.74. The molecule has 0 atom stereocenters. The van der Waals surface area contributed by atoms with E-state index in [0.717, 1.165) is 10.4 Å². The minimum atomic E-state index is -4.02. The SMILES string of the molecule is Cc1ccc(CN(C)S(=O)(=O)c2c(N)cccc2F)o1. The molecule has 0 saturated heterocycles. The van der Waals surface area contributed by atoms with Gasteiger partial charge in [-0.3, -0.25) is 0 Å². The van der Waals surface area contributed by atoms with Gasteiger partial charge in [0.05, 0.1) is 12.2 Å². The van der Waals surface area contributed by atoms with Crippen molar-refractivity contribution in [1.82, 2.24) is 4.31 Å². The van der Waals surface area contributed by atoms with E-state index in [1.54, 1.807) is 19.1 Å². The molecular weight excluding hydrogens is 283 g/mol. The van der Waals surface area contributed by atoms with Crippen LogP contribution in [-0.2, 0) is 16.6 Å². The summed E-state index contributed by atoms with van der Waals surface area (Å²) in [5.74, 6) is 0.284. The predicted octanol–water partition coefficient (Wildman–Crippen LogP) is 2.13. The van der Waals surface area contributed by atoms with Crippen LogP contribution in [0.1, 0.15) is 11.5 Å². The van der Waals surface area contributed by atoms with Crippen molar-refractivity contribution >= 4 is 15.7 Å². The van der Waals surface area contributed by atoms with Crippen LogP contribution in [0, 0.1) is 12.7 Å². The molecule has 0 unspecified atom stereocenters. The predicted molar refractivity (Wildman–Crippen MR) is 72.9 cm³/mol. The molecule has 2 aromatic rings. The smallest absolute Gasteiger partial charge is 0.248 e. The average molecular weight is 298 g/mol. The van der Waals surface area contributed by atoms with Crippen LogP contribution in [0.15, 0.2) is 39.6 Å².